The summed E-state index contributed by atoms with van der Waals surface area (Å²) in [4.78, 5) is 11.7. The van der Waals surface area contributed by atoms with E-state index >= 15 is 0 Å². The van der Waals surface area contributed by atoms with Crippen LogP contribution in [0, 0.1) is 0 Å². The average molecular weight is 250 g/mol. The molecule has 0 saturated heterocycles. The smallest absolute Gasteiger partial charge is 0.237 e. The van der Waals surface area contributed by atoms with Crippen molar-refractivity contribution in [3.8, 4) is 0 Å². The van der Waals surface area contributed by atoms with E-state index in [4.69, 9.17) is 10.5 Å². The summed E-state index contributed by atoms with van der Waals surface area (Å²) in [6.45, 7) is 1.39. The first kappa shape index (κ1) is 14.7. The molecule has 0 aliphatic rings. The first-order valence-corrected chi connectivity index (χ1v) is 6.30. The Labute approximate surface area is 109 Å². The highest BCUT2D eigenvalue weighted by Gasteiger charge is 2.12. The fourth-order valence-electron chi connectivity index (χ4n) is 1.67. The average Bonchev–Trinajstić information content (AvgIpc) is 2.39. The number of amides is 1. The van der Waals surface area contributed by atoms with Crippen molar-refractivity contribution < 1.29 is 9.53 Å². The molecule has 0 saturated carbocycles. The first-order chi connectivity index (χ1) is 8.74. The summed E-state index contributed by atoms with van der Waals surface area (Å²) in [6, 6.07) is 9.33. The van der Waals surface area contributed by atoms with Gasteiger partial charge in [0, 0.05) is 20.3 Å². The second-order valence-electron chi connectivity index (χ2n) is 4.29. The van der Waals surface area contributed by atoms with E-state index in [1.807, 2.05) is 30.3 Å². The summed E-state index contributed by atoms with van der Waals surface area (Å²) < 4.78 is 4.94. The Morgan fingerprint density at radius 3 is 2.72 bits per heavy atom. The van der Waals surface area contributed by atoms with Gasteiger partial charge in [0.25, 0.3) is 0 Å². The molecule has 1 atom stereocenters. The van der Waals surface area contributed by atoms with Crippen molar-refractivity contribution in [2.75, 3.05) is 20.3 Å². The molecule has 0 aliphatic heterocycles. The number of benzene rings is 1. The molecule has 0 spiro atoms. The van der Waals surface area contributed by atoms with E-state index in [2.05, 4.69) is 5.32 Å². The molecule has 4 heteroatoms. The molecule has 100 valence electrons. The standard InChI is InChI=1S/C14H22N2O2/c1-18-10-6-5-9-16-14(17)13(15)11-12-7-3-2-4-8-12/h2-4,7-8,13H,5-6,9-11,15H2,1H3,(H,16,17). The number of ether oxygens (including phenoxy) is 1. The van der Waals surface area contributed by atoms with Crippen LogP contribution in [-0.4, -0.2) is 32.2 Å². The van der Waals surface area contributed by atoms with Crippen LogP contribution in [-0.2, 0) is 16.0 Å². The minimum atomic E-state index is -0.477. The molecule has 1 rings (SSSR count). The molecule has 0 radical (unpaired) electrons. The highest BCUT2D eigenvalue weighted by Crippen LogP contribution is 2.01. The third kappa shape index (κ3) is 5.80. The topological polar surface area (TPSA) is 64.3 Å². The van der Waals surface area contributed by atoms with Crippen LogP contribution in [0.1, 0.15) is 18.4 Å². The minimum absolute atomic E-state index is 0.0868. The fourth-order valence-corrected chi connectivity index (χ4v) is 1.67. The quantitative estimate of drug-likeness (QED) is 0.679. The van der Waals surface area contributed by atoms with Gasteiger partial charge in [0.15, 0.2) is 0 Å². The van der Waals surface area contributed by atoms with Crippen molar-refractivity contribution in [3.63, 3.8) is 0 Å². The molecule has 18 heavy (non-hydrogen) atoms. The predicted octanol–water partition coefficient (Wildman–Crippen LogP) is 1.10. The molecular formula is C14H22N2O2. The second kappa shape index (κ2) is 8.66. The zero-order valence-corrected chi connectivity index (χ0v) is 10.9. The van der Waals surface area contributed by atoms with Gasteiger partial charge in [-0.25, -0.2) is 0 Å². The van der Waals surface area contributed by atoms with Gasteiger partial charge in [-0.2, -0.15) is 0 Å². The lowest BCUT2D eigenvalue weighted by molar-refractivity contribution is -0.122. The van der Waals surface area contributed by atoms with Gasteiger partial charge in [0.05, 0.1) is 6.04 Å². The summed E-state index contributed by atoms with van der Waals surface area (Å²) in [7, 11) is 1.67. The molecule has 3 N–H and O–H groups in total. The summed E-state index contributed by atoms with van der Waals surface area (Å²) in [5.41, 5.74) is 6.94. The Morgan fingerprint density at radius 1 is 1.33 bits per heavy atom. The van der Waals surface area contributed by atoms with Crippen LogP contribution in [0.3, 0.4) is 0 Å². The third-order valence-corrected chi connectivity index (χ3v) is 2.71. The monoisotopic (exact) mass is 250 g/mol. The van der Waals surface area contributed by atoms with Gasteiger partial charge < -0.3 is 15.8 Å². The SMILES string of the molecule is COCCCCNC(=O)C(N)Cc1ccccc1. The second-order valence-corrected chi connectivity index (χ2v) is 4.29. The van der Waals surface area contributed by atoms with Crippen molar-refractivity contribution >= 4 is 5.91 Å². The maximum Gasteiger partial charge on any atom is 0.237 e. The van der Waals surface area contributed by atoms with Gasteiger partial charge in [0.2, 0.25) is 5.91 Å². The lowest BCUT2D eigenvalue weighted by atomic mass is 10.1. The Bertz CT molecular complexity index is 341. The highest BCUT2D eigenvalue weighted by molar-refractivity contribution is 5.81. The predicted molar refractivity (Wildman–Crippen MR) is 72.2 cm³/mol. The number of rotatable bonds is 8. The number of carbonyl (C=O) groups is 1. The van der Waals surface area contributed by atoms with Crippen LogP contribution >= 0.6 is 0 Å². The Kier molecular flexibility index (Phi) is 7.06. The summed E-state index contributed by atoms with van der Waals surface area (Å²) in [5.74, 6) is -0.0868. The zero-order chi connectivity index (χ0) is 13.2. The van der Waals surface area contributed by atoms with Crippen LogP contribution in [0.4, 0.5) is 0 Å². The van der Waals surface area contributed by atoms with Gasteiger partial charge in [-0.05, 0) is 24.8 Å². The van der Waals surface area contributed by atoms with E-state index in [0.717, 1.165) is 25.0 Å². The largest absolute Gasteiger partial charge is 0.385 e. The lowest BCUT2D eigenvalue weighted by Crippen LogP contribution is -2.42. The minimum Gasteiger partial charge on any atom is -0.385 e. The molecule has 0 aliphatic carbocycles. The number of unbranched alkanes of at least 4 members (excludes halogenated alkanes) is 1. The van der Waals surface area contributed by atoms with E-state index in [1.54, 1.807) is 7.11 Å². The number of nitrogens with one attached hydrogen (secondary N) is 1. The normalized spacial score (nSPS) is 12.1. The van der Waals surface area contributed by atoms with Crippen LogP contribution in [0.2, 0.25) is 0 Å². The first-order valence-electron chi connectivity index (χ1n) is 6.30. The van der Waals surface area contributed by atoms with Crippen LogP contribution in [0.25, 0.3) is 0 Å². The number of hydrogen-bond acceptors (Lipinski definition) is 3. The van der Waals surface area contributed by atoms with Crippen LogP contribution in [0.5, 0.6) is 0 Å². The zero-order valence-electron chi connectivity index (χ0n) is 10.9. The molecule has 0 fully saturated rings. The summed E-state index contributed by atoms with van der Waals surface area (Å²) >= 11 is 0. The third-order valence-electron chi connectivity index (χ3n) is 2.71. The van der Waals surface area contributed by atoms with E-state index < -0.39 is 6.04 Å². The Hall–Kier alpha value is -1.39. The molecule has 1 amide bonds. The Balaban J connectivity index is 2.21. The van der Waals surface area contributed by atoms with Crippen molar-refractivity contribution in [2.24, 2.45) is 5.73 Å². The molecular weight excluding hydrogens is 228 g/mol. The van der Waals surface area contributed by atoms with Crippen molar-refractivity contribution in [3.05, 3.63) is 35.9 Å². The lowest BCUT2D eigenvalue weighted by Gasteiger charge is -2.12. The molecule has 0 heterocycles. The van der Waals surface area contributed by atoms with Crippen molar-refractivity contribution in [1.29, 1.82) is 0 Å². The van der Waals surface area contributed by atoms with Gasteiger partial charge in [-0.15, -0.1) is 0 Å². The van der Waals surface area contributed by atoms with Gasteiger partial charge in [0.1, 0.15) is 0 Å². The van der Waals surface area contributed by atoms with E-state index in [9.17, 15) is 4.79 Å². The summed E-state index contributed by atoms with van der Waals surface area (Å²) in [6.07, 6.45) is 2.44. The molecule has 0 bridgehead atoms. The van der Waals surface area contributed by atoms with Crippen molar-refractivity contribution in [1.82, 2.24) is 5.32 Å². The number of hydrogen-bond donors (Lipinski definition) is 2. The Morgan fingerprint density at radius 2 is 2.06 bits per heavy atom. The molecule has 4 nitrogen and oxygen atoms in total. The van der Waals surface area contributed by atoms with Crippen molar-refractivity contribution in [2.45, 2.75) is 25.3 Å². The highest BCUT2D eigenvalue weighted by atomic mass is 16.5. The van der Waals surface area contributed by atoms with Crippen LogP contribution in [0.15, 0.2) is 30.3 Å². The molecule has 0 aromatic heterocycles. The van der Waals surface area contributed by atoms with E-state index in [0.29, 0.717) is 13.0 Å². The van der Waals surface area contributed by atoms with E-state index in [1.165, 1.54) is 0 Å². The summed E-state index contributed by atoms with van der Waals surface area (Å²) in [5, 5.41) is 2.84. The van der Waals surface area contributed by atoms with Gasteiger partial charge in [-0.1, -0.05) is 30.3 Å². The number of methoxy groups -OCH3 is 1. The molecule has 1 aromatic carbocycles. The van der Waals surface area contributed by atoms with Gasteiger partial charge in [-0.3, -0.25) is 4.79 Å². The molecule has 1 aromatic rings. The van der Waals surface area contributed by atoms with E-state index in [-0.39, 0.29) is 5.91 Å². The number of carbonyl (C=O) groups excluding carboxylic acids is 1. The maximum absolute atomic E-state index is 11.7. The number of nitrogens with two attached hydrogens (primary N) is 1. The van der Waals surface area contributed by atoms with Crippen LogP contribution < -0.4 is 11.1 Å². The fraction of sp³-hybridized carbons (Fsp3) is 0.500. The maximum atomic E-state index is 11.7. The van der Waals surface area contributed by atoms with Gasteiger partial charge >= 0.3 is 0 Å². The molecule has 1 unspecified atom stereocenters.